The number of nitrogens with one attached hydrogen (secondary N) is 1. The Balaban J connectivity index is 2.21. The Bertz CT molecular complexity index is 460. The van der Waals surface area contributed by atoms with E-state index in [1.807, 2.05) is 17.8 Å². The van der Waals surface area contributed by atoms with Crippen molar-refractivity contribution in [2.45, 2.75) is 19.6 Å². The van der Waals surface area contributed by atoms with Gasteiger partial charge in [0.15, 0.2) is 0 Å². The van der Waals surface area contributed by atoms with Gasteiger partial charge in [-0.15, -0.1) is 11.8 Å². The summed E-state index contributed by atoms with van der Waals surface area (Å²) < 4.78 is 0. The van der Waals surface area contributed by atoms with Crippen LogP contribution in [0.5, 0.6) is 0 Å². The van der Waals surface area contributed by atoms with Gasteiger partial charge in [-0.1, -0.05) is 37.8 Å². The molecule has 1 aliphatic heterocycles. The third-order valence-electron chi connectivity index (χ3n) is 2.74. The van der Waals surface area contributed by atoms with Crippen molar-refractivity contribution in [2.24, 2.45) is 4.99 Å². The van der Waals surface area contributed by atoms with Crippen LogP contribution >= 0.6 is 11.8 Å². The summed E-state index contributed by atoms with van der Waals surface area (Å²) in [5.74, 6) is 1.12. The molecule has 0 aliphatic carbocycles. The summed E-state index contributed by atoms with van der Waals surface area (Å²) in [5.41, 5.74) is 1.16. The fourth-order valence-corrected chi connectivity index (χ4v) is 3.65. The first kappa shape index (κ1) is 13.4. The summed E-state index contributed by atoms with van der Waals surface area (Å²) in [5, 5.41) is 6.10. The van der Waals surface area contributed by atoms with E-state index < -0.39 is 8.07 Å². The second-order valence-corrected chi connectivity index (χ2v) is 11.5. The quantitative estimate of drug-likeness (QED) is 0.840. The zero-order valence-electron chi connectivity index (χ0n) is 11.2. The summed E-state index contributed by atoms with van der Waals surface area (Å²) in [4.78, 5) is 4.52. The summed E-state index contributed by atoms with van der Waals surface area (Å²) in [6.07, 6.45) is 2.25. The molecule has 18 heavy (non-hydrogen) atoms. The molecule has 0 atom stereocenters. The molecule has 0 radical (unpaired) electrons. The Morgan fingerprint density at radius 3 is 2.56 bits per heavy atom. The Morgan fingerprint density at radius 2 is 2.00 bits per heavy atom. The van der Waals surface area contributed by atoms with E-state index in [0.717, 1.165) is 18.0 Å². The summed E-state index contributed by atoms with van der Waals surface area (Å²) in [6, 6.07) is 10.4. The number of para-hydroxylation sites is 1. The molecule has 0 bridgehead atoms. The van der Waals surface area contributed by atoms with E-state index in [1.165, 1.54) is 10.4 Å². The monoisotopic (exact) mass is 276 g/mol. The van der Waals surface area contributed by atoms with Crippen LogP contribution in [0.15, 0.2) is 46.7 Å². The maximum atomic E-state index is 4.52. The molecular weight excluding hydrogens is 256 g/mol. The average Bonchev–Trinajstić information content (AvgIpc) is 2.81. The van der Waals surface area contributed by atoms with E-state index in [0.29, 0.717) is 0 Å². The number of anilines is 1. The highest BCUT2D eigenvalue weighted by atomic mass is 32.2. The van der Waals surface area contributed by atoms with Crippen LogP contribution < -0.4 is 5.32 Å². The van der Waals surface area contributed by atoms with Crippen molar-refractivity contribution >= 4 is 30.6 Å². The standard InChI is InChI=1S/C14H20N2SSi/c1-18(2,3)14(11-13-15-9-10-17-13)16-12-7-5-4-6-8-12/h4-8,11,16H,9-10H2,1-3H3. The molecule has 2 nitrogen and oxygen atoms in total. The molecule has 0 amide bonds. The lowest BCUT2D eigenvalue weighted by Gasteiger charge is -2.23. The lowest BCUT2D eigenvalue weighted by Crippen LogP contribution is -2.29. The van der Waals surface area contributed by atoms with Crippen molar-refractivity contribution in [2.75, 3.05) is 17.6 Å². The molecule has 1 N–H and O–H groups in total. The van der Waals surface area contributed by atoms with E-state index >= 15 is 0 Å². The third kappa shape index (κ3) is 3.75. The van der Waals surface area contributed by atoms with Crippen LogP contribution in [-0.2, 0) is 0 Å². The number of aliphatic imine (C=N–C) groups is 1. The molecule has 0 aromatic heterocycles. The second kappa shape index (κ2) is 5.76. The summed E-state index contributed by atoms with van der Waals surface area (Å²) >= 11 is 1.85. The normalized spacial score (nSPS) is 16.6. The molecule has 4 heteroatoms. The van der Waals surface area contributed by atoms with Gasteiger partial charge in [-0.05, 0) is 18.2 Å². The highest BCUT2D eigenvalue weighted by Gasteiger charge is 2.21. The molecule has 1 aromatic carbocycles. The number of thioether (sulfide) groups is 1. The maximum Gasteiger partial charge on any atom is 0.0983 e. The first-order valence-corrected chi connectivity index (χ1v) is 10.8. The third-order valence-corrected chi connectivity index (χ3v) is 5.55. The lowest BCUT2D eigenvalue weighted by atomic mass is 10.3. The van der Waals surface area contributed by atoms with Crippen LogP contribution in [0.3, 0.4) is 0 Å². The molecular formula is C14H20N2SSi. The van der Waals surface area contributed by atoms with Crippen molar-refractivity contribution in [3.8, 4) is 0 Å². The smallest absolute Gasteiger partial charge is 0.0983 e. The highest BCUT2D eigenvalue weighted by Crippen LogP contribution is 2.21. The van der Waals surface area contributed by atoms with Crippen LogP contribution in [0.2, 0.25) is 19.6 Å². The van der Waals surface area contributed by atoms with Gasteiger partial charge in [0.05, 0.1) is 13.1 Å². The number of rotatable bonds is 4. The van der Waals surface area contributed by atoms with E-state index in [4.69, 9.17) is 0 Å². The van der Waals surface area contributed by atoms with Crippen LogP contribution in [0.4, 0.5) is 5.69 Å². The molecule has 0 spiro atoms. The number of hydrogen-bond acceptors (Lipinski definition) is 3. The number of nitrogens with zero attached hydrogens (tertiary/aromatic N) is 1. The zero-order chi connectivity index (χ0) is 13.0. The fourth-order valence-electron chi connectivity index (χ4n) is 1.68. The summed E-state index contributed by atoms with van der Waals surface area (Å²) in [6.45, 7) is 8.03. The molecule has 0 saturated carbocycles. The SMILES string of the molecule is C[Si](C)(C)C(=CC1=NCCS1)Nc1ccccc1. The van der Waals surface area contributed by atoms with Gasteiger partial charge in [-0.3, -0.25) is 4.99 Å². The lowest BCUT2D eigenvalue weighted by molar-refractivity contribution is 1.18. The van der Waals surface area contributed by atoms with Crippen LogP contribution in [-0.4, -0.2) is 25.4 Å². The topological polar surface area (TPSA) is 24.4 Å². The molecule has 0 saturated heterocycles. The van der Waals surface area contributed by atoms with Crippen LogP contribution in [0, 0.1) is 0 Å². The number of hydrogen-bond donors (Lipinski definition) is 1. The Hall–Kier alpha value is -1.00. The predicted molar refractivity (Wildman–Crippen MR) is 86.3 cm³/mol. The molecule has 2 rings (SSSR count). The van der Waals surface area contributed by atoms with E-state index in [-0.39, 0.29) is 0 Å². The van der Waals surface area contributed by atoms with Gasteiger partial charge in [-0.2, -0.15) is 0 Å². The Labute approximate surface area is 115 Å². The minimum Gasteiger partial charge on any atom is -0.363 e. The van der Waals surface area contributed by atoms with Crippen molar-refractivity contribution in [3.05, 3.63) is 41.7 Å². The van der Waals surface area contributed by atoms with Crippen molar-refractivity contribution < 1.29 is 0 Å². The van der Waals surface area contributed by atoms with Crippen molar-refractivity contribution in [3.63, 3.8) is 0 Å². The first-order chi connectivity index (χ1) is 8.55. The van der Waals surface area contributed by atoms with Gasteiger partial charge in [0, 0.05) is 23.3 Å². The zero-order valence-corrected chi connectivity index (χ0v) is 13.1. The van der Waals surface area contributed by atoms with Gasteiger partial charge in [0.2, 0.25) is 0 Å². The van der Waals surface area contributed by atoms with Gasteiger partial charge in [0.1, 0.15) is 0 Å². The van der Waals surface area contributed by atoms with E-state index in [2.05, 4.69) is 60.3 Å². The van der Waals surface area contributed by atoms with E-state index in [9.17, 15) is 0 Å². The molecule has 1 heterocycles. The molecule has 0 unspecified atom stereocenters. The van der Waals surface area contributed by atoms with Gasteiger partial charge in [-0.25, -0.2) is 0 Å². The van der Waals surface area contributed by atoms with Crippen LogP contribution in [0.1, 0.15) is 0 Å². The molecule has 1 aliphatic rings. The minimum atomic E-state index is -1.38. The second-order valence-electron chi connectivity index (χ2n) is 5.37. The largest absolute Gasteiger partial charge is 0.363 e. The highest BCUT2D eigenvalue weighted by molar-refractivity contribution is 8.14. The summed E-state index contributed by atoms with van der Waals surface area (Å²) in [7, 11) is -1.38. The molecule has 0 fully saturated rings. The fraction of sp³-hybridized carbons (Fsp3) is 0.357. The van der Waals surface area contributed by atoms with Crippen molar-refractivity contribution in [1.82, 2.24) is 0 Å². The van der Waals surface area contributed by atoms with Gasteiger partial charge in [0.25, 0.3) is 0 Å². The van der Waals surface area contributed by atoms with Crippen LogP contribution in [0.25, 0.3) is 0 Å². The van der Waals surface area contributed by atoms with Gasteiger partial charge >= 0.3 is 0 Å². The van der Waals surface area contributed by atoms with Gasteiger partial charge < -0.3 is 5.32 Å². The van der Waals surface area contributed by atoms with E-state index in [1.54, 1.807) is 0 Å². The Morgan fingerprint density at radius 1 is 1.28 bits per heavy atom. The first-order valence-electron chi connectivity index (χ1n) is 6.27. The minimum absolute atomic E-state index is 0.959. The van der Waals surface area contributed by atoms with Crippen molar-refractivity contribution in [1.29, 1.82) is 0 Å². The number of benzene rings is 1. The molecule has 1 aromatic rings. The maximum absolute atomic E-state index is 4.52. The molecule has 96 valence electrons. The average molecular weight is 276 g/mol. The predicted octanol–water partition coefficient (Wildman–Crippen LogP) is 4.01. The Kier molecular flexibility index (Phi) is 4.30.